The van der Waals surface area contributed by atoms with Gasteiger partial charge in [-0.1, -0.05) is 12.8 Å². The zero-order valence-corrected chi connectivity index (χ0v) is 10.5. The molecular weight excluding hydrogens is 242 g/mol. The van der Waals surface area contributed by atoms with Crippen LogP contribution in [0.25, 0.3) is 10.8 Å². The molecule has 0 radical (unpaired) electrons. The van der Waals surface area contributed by atoms with Crippen LogP contribution in [0, 0.1) is 22.5 Å². The fourth-order valence-corrected chi connectivity index (χ4v) is 1.91. The summed E-state index contributed by atoms with van der Waals surface area (Å²) in [7, 11) is 0. The second-order valence-electron chi connectivity index (χ2n) is 4.08. The monoisotopic (exact) mass is 255 g/mol. The minimum absolute atomic E-state index is 0.0439. The van der Waals surface area contributed by atoms with Gasteiger partial charge in [0.2, 0.25) is 0 Å². The Bertz CT molecular complexity index is 661. The van der Waals surface area contributed by atoms with Crippen LogP contribution in [0.5, 0.6) is 0 Å². The molecule has 1 aromatic heterocycles. The lowest BCUT2D eigenvalue weighted by Crippen LogP contribution is -2.15. The van der Waals surface area contributed by atoms with Gasteiger partial charge in [-0.15, -0.1) is 6.42 Å². The van der Waals surface area contributed by atoms with Crippen molar-refractivity contribution in [3.8, 4) is 12.3 Å². The summed E-state index contributed by atoms with van der Waals surface area (Å²) in [6.07, 6.45) is 9.30. The molecule has 2 aromatic rings. The standard InChI is InChI=1S/C14H13N3O2/c1-3-10(4-2)16-13-5-6-14(17(18)19)12-9-15-8-7-11(12)13/h1,5-10,16H,4H2,2H3. The number of pyridine rings is 1. The summed E-state index contributed by atoms with van der Waals surface area (Å²) in [5.41, 5.74) is 0.829. The van der Waals surface area contributed by atoms with E-state index in [1.54, 1.807) is 18.3 Å². The molecule has 1 unspecified atom stereocenters. The minimum atomic E-state index is -0.410. The summed E-state index contributed by atoms with van der Waals surface area (Å²) in [5, 5.41) is 15.4. The number of benzene rings is 1. The largest absolute Gasteiger partial charge is 0.371 e. The molecule has 1 heterocycles. The Morgan fingerprint density at radius 3 is 2.89 bits per heavy atom. The molecule has 0 aliphatic rings. The Balaban J connectivity index is 2.56. The van der Waals surface area contributed by atoms with E-state index in [1.165, 1.54) is 12.3 Å². The van der Waals surface area contributed by atoms with Crippen LogP contribution in [0.1, 0.15) is 13.3 Å². The van der Waals surface area contributed by atoms with Crippen LogP contribution >= 0.6 is 0 Å². The van der Waals surface area contributed by atoms with Gasteiger partial charge >= 0.3 is 0 Å². The van der Waals surface area contributed by atoms with Crippen molar-refractivity contribution < 1.29 is 4.92 Å². The average Bonchev–Trinajstić information content (AvgIpc) is 2.44. The number of anilines is 1. The first-order chi connectivity index (χ1) is 9.17. The van der Waals surface area contributed by atoms with Crippen molar-refractivity contribution in [1.29, 1.82) is 0 Å². The SMILES string of the molecule is C#CC(CC)Nc1ccc([N+](=O)[O-])c2cnccc12. The Morgan fingerprint density at radius 2 is 2.26 bits per heavy atom. The van der Waals surface area contributed by atoms with Crippen molar-refractivity contribution in [2.24, 2.45) is 0 Å². The van der Waals surface area contributed by atoms with E-state index in [9.17, 15) is 10.1 Å². The maximum absolute atomic E-state index is 11.0. The molecule has 2 rings (SSSR count). The van der Waals surface area contributed by atoms with Gasteiger partial charge in [-0.2, -0.15) is 0 Å². The molecule has 0 amide bonds. The quantitative estimate of drug-likeness (QED) is 0.518. The number of aromatic nitrogens is 1. The molecule has 0 aliphatic heterocycles. The molecule has 1 N–H and O–H groups in total. The average molecular weight is 255 g/mol. The van der Waals surface area contributed by atoms with Crippen molar-refractivity contribution in [2.75, 3.05) is 5.32 Å². The van der Waals surface area contributed by atoms with Gasteiger partial charge in [0.25, 0.3) is 5.69 Å². The van der Waals surface area contributed by atoms with Crippen LogP contribution in [0.3, 0.4) is 0 Å². The highest BCUT2D eigenvalue weighted by Crippen LogP contribution is 2.31. The van der Waals surface area contributed by atoms with Gasteiger partial charge in [0, 0.05) is 29.5 Å². The maximum atomic E-state index is 11.0. The topological polar surface area (TPSA) is 68.1 Å². The van der Waals surface area contributed by atoms with Gasteiger partial charge in [-0.25, -0.2) is 0 Å². The first kappa shape index (κ1) is 12.8. The fourth-order valence-electron chi connectivity index (χ4n) is 1.91. The molecule has 0 fully saturated rings. The Morgan fingerprint density at radius 1 is 1.47 bits per heavy atom. The fraction of sp³-hybridized carbons (Fsp3) is 0.214. The smallest absolute Gasteiger partial charge is 0.278 e. The number of nitro benzene ring substituents is 1. The number of nitrogens with zero attached hydrogens (tertiary/aromatic N) is 2. The van der Waals surface area contributed by atoms with Crippen molar-refractivity contribution in [3.63, 3.8) is 0 Å². The zero-order valence-electron chi connectivity index (χ0n) is 10.5. The van der Waals surface area contributed by atoms with E-state index in [-0.39, 0.29) is 11.7 Å². The Hall–Kier alpha value is -2.61. The van der Waals surface area contributed by atoms with Gasteiger partial charge in [0.1, 0.15) is 0 Å². The van der Waals surface area contributed by atoms with Crippen molar-refractivity contribution >= 4 is 22.1 Å². The van der Waals surface area contributed by atoms with Gasteiger partial charge < -0.3 is 5.32 Å². The predicted octanol–water partition coefficient (Wildman–Crippen LogP) is 2.97. The first-order valence-electron chi connectivity index (χ1n) is 5.91. The molecule has 0 saturated carbocycles. The number of fused-ring (bicyclic) bond motifs is 1. The molecule has 5 nitrogen and oxygen atoms in total. The molecule has 1 aromatic carbocycles. The predicted molar refractivity (Wildman–Crippen MR) is 74.9 cm³/mol. The molecule has 5 heteroatoms. The van der Waals surface area contributed by atoms with Crippen LogP contribution in [0.2, 0.25) is 0 Å². The molecule has 19 heavy (non-hydrogen) atoms. The summed E-state index contributed by atoms with van der Waals surface area (Å²) in [5.74, 6) is 2.64. The Labute approximate surface area is 110 Å². The molecule has 1 atom stereocenters. The highest BCUT2D eigenvalue weighted by molar-refractivity contribution is 5.99. The number of non-ortho nitro benzene ring substituents is 1. The van der Waals surface area contributed by atoms with Crippen LogP contribution in [0.15, 0.2) is 30.6 Å². The summed E-state index contributed by atoms with van der Waals surface area (Å²) in [6.45, 7) is 1.98. The first-order valence-corrected chi connectivity index (χ1v) is 5.91. The summed E-state index contributed by atoms with van der Waals surface area (Å²) < 4.78 is 0. The van der Waals surface area contributed by atoms with E-state index in [0.717, 1.165) is 17.5 Å². The maximum Gasteiger partial charge on any atom is 0.278 e. The number of terminal acetylenes is 1. The number of hydrogen-bond acceptors (Lipinski definition) is 4. The molecule has 0 aliphatic carbocycles. The molecule has 0 bridgehead atoms. The lowest BCUT2D eigenvalue weighted by atomic mass is 10.1. The van der Waals surface area contributed by atoms with Crippen LogP contribution < -0.4 is 5.32 Å². The molecule has 0 spiro atoms. The second-order valence-corrected chi connectivity index (χ2v) is 4.08. The molecular formula is C14H13N3O2. The highest BCUT2D eigenvalue weighted by atomic mass is 16.6. The zero-order chi connectivity index (χ0) is 13.8. The van der Waals surface area contributed by atoms with Crippen LogP contribution in [-0.4, -0.2) is 15.9 Å². The molecule has 96 valence electrons. The lowest BCUT2D eigenvalue weighted by Gasteiger charge is -2.14. The van der Waals surface area contributed by atoms with E-state index < -0.39 is 4.92 Å². The van der Waals surface area contributed by atoms with Gasteiger partial charge in [0.05, 0.1) is 16.4 Å². The summed E-state index contributed by atoms with van der Waals surface area (Å²) in [6, 6.07) is 4.79. The van der Waals surface area contributed by atoms with E-state index >= 15 is 0 Å². The number of nitro groups is 1. The highest BCUT2D eigenvalue weighted by Gasteiger charge is 2.15. The third-order valence-electron chi connectivity index (χ3n) is 2.93. The third-order valence-corrected chi connectivity index (χ3v) is 2.93. The van der Waals surface area contributed by atoms with E-state index in [0.29, 0.717) is 5.39 Å². The van der Waals surface area contributed by atoms with E-state index in [4.69, 9.17) is 6.42 Å². The third kappa shape index (κ3) is 2.47. The lowest BCUT2D eigenvalue weighted by molar-refractivity contribution is -0.383. The van der Waals surface area contributed by atoms with Gasteiger partial charge in [-0.05, 0) is 18.6 Å². The number of nitrogens with one attached hydrogen (secondary N) is 1. The van der Waals surface area contributed by atoms with Crippen LogP contribution in [-0.2, 0) is 0 Å². The van der Waals surface area contributed by atoms with Gasteiger partial charge in [-0.3, -0.25) is 15.1 Å². The van der Waals surface area contributed by atoms with Crippen molar-refractivity contribution in [3.05, 3.63) is 40.7 Å². The van der Waals surface area contributed by atoms with Gasteiger partial charge in [0.15, 0.2) is 0 Å². The molecule has 0 saturated heterocycles. The van der Waals surface area contributed by atoms with E-state index in [2.05, 4.69) is 16.2 Å². The van der Waals surface area contributed by atoms with Crippen molar-refractivity contribution in [2.45, 2.75) is 19.4 Å². The van der Waals surface area contributed by atoms with E-state index in [1.807, 2.05) is 6.92 Å². The van der Waals surface area contributed by atoms with Crippen molar-refractivity contribution in [1.82, 2.24) is 4.98 Å². The number of hydrogen-bond donors (Lipinski definition) is 1. The summed E-state index contributed by atoms with van der Waals surface area (Å²) >= 11 is 0. The number of rotatable bonds is 4. The normalized spacial score (nSPS) is 11.8. The second kappa shape index (κ2) is 5.36. The Kier molecular flexibility index (Phi) is 3.62. The summed E-state index contributed by atoms with van der Waals surface area (Å²) in [4.78, 5) is 14.5. The minimum Gasteiger partial charge on any atom is -0.371 e. The van der Waals surface area contributed by atoms with Crippen LogP contribution in [0.4, 0.5) is 11.4 Å².